The molecule has 0 saturated carbocycles. The summed E-state index contributed by atoms with van der Waals surface area (Å²) in [6.45, 7) is 5.53. The minimum atomic E-state index is -4.61. The number of alkyl halides is 3. The zero-order valence-electron chi connectivity index (χ0n) is 12.0. The van der Waals surface area contributed by atoms with Gasteiger partial charge in [-0.15, -0.1) is 0 Å². The second-order valence-corrected chi connectivity index (χ2v) is 5.13. The van der Waals surface area contributed by atoms with Gasteiger partial charge in [-0.1, -0.05) is 0 Å². The molecule has 1 atom stereocenters. The van der Waals surface area contributed by atoms with Crippen LogP contribution in [-0.2, 0) is 14.3 Å². The maximum absolute atomic E-state index is 12.7. The van der Waals surface area contributed by atoms with E-state index in [2.05, 4.69) is 4.74 Å². The van der Waals surface area contributed by atoms with E-state index in [1.54, 1.807) is 20.8 Å². The lowest BCUT2D eigenvalue weighted by Gasteiger charge is -2.23. The average molecular weight is 299 g/mol. The van der Waals surface area contributed by atoms with Crippen LogP contribution in [0, 0.1) is 5.92 Å². The first-order valence-corrected chi connectivity index (χ1v) is 6.15. The molecule has 0 fully saturated rings. The van der Waals surface area contributed by atoms with Crippen LogP contribution < -0.4 is 5.32 Å². The number of hydrogen-bond acceptors (Lipinski definition) is 4. The van der Waals surface area contributed by atoms with E-state index < -0.39 is 42.7 Å². The van der Waals surface area contributed by atoms with Gasteiger partial charge in [0.15, 0.2) is 0 Å². The molecule has 0 saturated heterocycles. The van der Waals surface area contributed by atoms with E-state index in [-0.39, 0.29) is 6.61 Å². The molecule has 0 aliphatic heterocycles. The maximum atomic E-state index is 12.7. The molecular weight excluding hydrogens is 279 g/mol. The molecule has 0 heterocycles. The third-order valence-electron chi connectivity index (χ3n) is 2.07. The molecule has 0 aliphatic rings. The number of ether oxygens (including phenoxy) is 2. The van der Waals surface area contributed by atoms with Crippen molar-refractivity contribution in [3.8, 4) is 0 Å². The van der Waals surface area contributed by atoms with Crippen molar-refractivity contribution in [1.82, 2.24) is 5.32 Å². The molecule has 1 amide bonds. The van der Waals surface area contributed by atoms with Gasteiger partial charge < -0.3 is 14.8 Å². The van der Waals surface area contributed by atoms with Crippen LogP contribution in [0.3, 0.4) is 0 Å². The van der Waals surface area contributed by atoms with Gasteiger partial charge >= 0.3 is 18.2 Å². The lowest BCUT2D eigenvalue weighted by molar-refractivity contribution is -0.183. The van der Waals surface area contributed by atoms with E-state index in [9.17, 15) is 22.8 Å². The minimum Gasteiger partial charge on any atom is -0.466 e. The molecular formula is C12H20F3NO4. The molecule has 0 aromatic rings. The number of hydrogen-bond donors (Lipinski definition) is 1. The zero-order chi connectivity index (χ0) is 16.0. The van der Waals surface area contributed by atoms with Gasteiger partial charge in [0.05, 0.1) is 18.9 Å². The van der Waals surface area contributed by atoms with Gasteiger partial charge in [0.1, 0.15) is 5.60 Å². The summed E-state index contributed by atoms with van der Waals surface area (Å²) in [6.07, 6.45) is -6.41. The maximum Gasteiger partial charge on any atom is 0.407 e. The van der Waals surface area contributed by atoms with Crippen LogP contribution in [0.15, 0.2) is 0 Å². The van der Waals surface area contributed by atoms with Crippen LogP contribution in [0.2, 0.25) is 0 Å². The Morgan fingerprint density at radius 3 is 2.15 bits per heavy atom. The van der Waals surface area contributed by atoms with Crippen LogP contribution >= 0.6 is 0 Å². The quantitative estimate of drug-likeness (QED) is 0.793. The zero-order valence-corrected chi connectivity index (χ0v) is 12.0. The number of rotatable bonds is 5. The Balaban J connectivity index is 4.46. The lowest BCUT2D eigenvalue weighted by Crippen LogP contribution is -2.40. The second kappa shape index (κ2) is 7.35. The number of esters is 1. The fourth-order valence-corrected chi connectivity index (χ4v) is 1.25. The number of halogens is 3. The molecule has 118 valence electrons. The SMILES string of the molecule is CCOC(=O)CC(CNC(=O)OC(C)(C)C)C(F)(F)F. The van der Waals surface area contributed by atoms with Crippen molar-refractivity contribution in [2.24, 2.45) is 5.92 Å². The molecule has 0 aromatic carbocycles. The van der Waals surface area contributed by atoms with Gasteiger partial charge in [0.2, 0.25) is 0 Å². The van der Waals surface area contributed by atoms with Crippen LogP contribution in [0.5, 0.6) is 0 Å². The van der Waals surface area contributed by atoms with E-state index in [1.165, 1.54) is 6.92 Å². The van der Waals surface area contributed by atoms with Crippen LogP contribution in [-0.4, -0.2) is 37.0 Å². The predicted octanol–water partition coefficient (Wildman–Crippen LogP) is 2.64. The standard InChI is InChI=1S/C12H20F3NO4/c1-5-19-9(17)6-8(12(13,14)15)7-16-10(18)20-11(2,3)4/h8H,5-7H2,1-4H3,(H,16,18). The molecule has 0 spiro atoms. The number of carbonyl (C=O) groups is 2. The third kappa shape index (κ3) is 8.60. The highest BCUT2D eigenvalue weighted by Crippen LogP contribution is 2.28. The van der Waals surface area contributed by atoms with Gasteiger partial charge in [-0.05, 0) is 27.7 Å². The summed E-state index contributed by atoms with van der Waals surface area (Å²) >= 11 is 0. The fourth-order valence-electron chi connectivity index (χ4n) is 1.25. The summed E-state index contributed by atoms with van der Waals surface area (Å²) < 4.78 is 47.4. The smallest absolute Gasteiger partial charge is 0.407 e. The highest BCUT2D eigenvalue weighted by molar-refractivity contribution is 5.70. The number of carbonyl (C=O) groups excluding carboxylic acids is 2. The van der Waals surface area contributed by atoms with Crippen molar-refractivity contribution >= 4 is 12.1 Å². The molecule has 1 N–H and O–H groups in total. The Morgan fingerprint density at radius 1 is 1.20 bits per heavy atom. The highest BCUT2D eigenvalue weighted by Gasteiger charge is 2.41. The van der Waals surface area contributed by atoms with Crippen LogP contribution in [0.1, 0.15) is 34.1 Å². The van der Waals surface area contributed by atoms with Crippen molar-refractivity contribution in [3.63, 3.8) is 0 Å². The fraction of sp³-hybridized carbons (Fsp3) is 0.833. The van der Waals surface area contributed by atoms with Crippen LogP contribution in [0.25, 0.3) is 0 Å². The van der Waals surface area contributed by atoms with Gasteiger partial charge in [0.25, 0.3) is 0 Å². The van der Waals surface area contributed by atoms with E-state index in [4.69, 9.17) is 4.74 Å². The first kappa shape index (κ1) is 18.5. The van der Waals surface area contributed by atoms with E-state index in [0.717, 1.165) is 0 Å². The molecule has 0 bridgehead atoms. The number of alkyl carbamates (subject to hydrolysis) is 1. The largest absolute Gasteiger partial charge is 0.466 e. The molecule has 5 nitrogen and oxygen atoms in total. The Hall–Kier alpha value is -1.47. The average Bonchev–Trinajstić information content (AvgIpc) is 2.20. The van der Waals surface area contributed by atoms with Gasteiger partial charge in [-0.25, -0.2) is 4.79 Å². The summed E-state index contributed by atoms with van der Waals surface area (Å²) in [5.74, 6) is -2.96. The predicted molar refractivity (Wildman–Crippen MR) is 65.0 cm³/mol. The highest BCUT2D eigenvalue weighted by atomic mass is 19.4. The van der Waals surface area contributed by atoms with E-state index in [0.29, 0.717) is 0 Å². The first-order valence-electron chi connectivity index (χ1n) is 6.15. The van der Waals surface area contributed by atoms with Crippen molar-refractivity contribution in [1.29, 1.82) is 0 Å². The molecule has 1 unspecified atom stereocenters. The monoisotopic (exact) mass is 299 g/mol. The molecule has 0 aromatic heterocycles. The molecule has 8 heteroatoms. The normalized spacial score (nSPS) is 13.6. The van der Waals surface area contributed by atoms with E-state index in [1.807, 2.05) is 5.32 Å². The van der Waals surface area contributed by atoms with Gasteiger partial charge in [-0.2, -0.15) is 13.2 Å². The van der Waals surface area contributed by atoms with Gasteiger partial charge in [0, 0.05) is 6.54 Å². The molecule has 0 radical (unpaired) electrons. The Bertz CT molecular complexity index is 337. The Labute approximate surface area is 115 Å². The Morgan fingerprint density at radius 2 is 1.75 bits per heavy atom. The summed E-state index contributed by atoms with van der Waals surface area (Å²) in [5.41, 5.74) is -0.807. The minimum absolute atomic E-state index is 0.00288. The second-order valence-electron chi connectivity index (χ2n) is 5.13. The van der Waals surface area contributed by atoms with Crippen LogP contribution in [0.4, 0.5) is 18.0 Å². The first-order chi connectivity index (χ1) is 8.95. The lowest BCUT2D eigenvalue weighted by atomic mass is 10.1. The topological polar surface area (TPSA) is 64.6 Å². The van der Waals surface area contributed by atoms with Crippen molar-refractivity contribution in [3.05, 3.63) is 0 Å². The number of nitrogens with one attached hydrogen (secondary N) is 1. The van der Waals surface area contributed by atoms with Gasteiger partial charge in [-0.3, -0.25) is 4.79 Å². The Kier molecular flexibility index (Phi) is 6.81. The molecule has 20 heavy (non-hydrogen) atoms. The van der Waals surface area contributed by atoms with E-state index >= 15 is 0 Å². The van der Waals surface area contributed by atoms with Crippen molar-refractivity contribution < 1.29 is 32.2 Å². The van der Waals surface area contributed by atoms with Crippen molar-refractivity contribution in [2.45, 2.75) is 45.9 Å². The summed E-state index contributed by atoms with van der Waals surface area (Å²) in [6, 6.07) is 0. The summed E-state index contributed by atoms with van der Waals surface area (Å²) in [7, 11) is 0. The summed E-state index contributed by atoms with van der Waals surface area (Å²) in [5, 5.41) is 2.00. The summed E-state index contributed by atoms with van der Waals surface area (Å²) in [4.78, 5) is 22.4. The number of amides is 1. The molecule has 0 aliphatic carbocycles. The van der Waals surface area contributed by atoms with Crippen molar-refractivity contribution in [2.75, 3.05) is 13.2 Å². The molecule has 0 rings (SSSR count). The third-order valence-corrected chi connectivity index (χ3v) is 2.07.